The molecule has 5 N–H and O–H groups in total. The number of nitrogens with zero attached hydrogens (tertiary/aromatic N) is 4. The van der Waals surface area contributed by atoms with Crippen LogP contribution in [0.4, 0.5) is 0 Å². The van der Waals surface area contributed by atoms with E-state index in [2.05, 4.69) is 37.5 Å². The smallest absolute Gasteiger partial charge is 0.251 e. The van der Waals surface area contributed by atoms with E-state index >= 15 is 0 Å². The summed E-state index contributed by atoms with van der Waals surface area (Å²) in [4.78, 5) is 74.9. The molecule has 16 nitrogen and oxygen atoms in total. The van der Waals surface area contributed by atoms with Crippen molar-refractivity contribution in [3.8, 4) is 22.3 Å². The van der Waals surface area contributed by atoms with Gasteiger partial charge in [0.05, 0.1) is 50.9 Å². The van der Waals surface area contributed by atoms with E-state index in [1.807, 2.05) is 72.7 Å². The average Bonchev–Trinajstić information content (AvgIpc) is 4.23. The highest BCUT2D eigenvalue weighted by Crippen LogP contribution is 2.55. The third kappa shape index (κ3) is 14.1. The number of rotatable bonds is 24. The van der Waals surface area contributed by atoms with Crippen molar-refractivity contribution in [3.05, 3.63) is 123 Å². The zero-order valence-corrected chi connectivity index (χ0v) is 47.0. The van der Waals surface area contributed by atoms with Crippen LogP contribution in [0.15, 0.2) is 82.8 Å². The van der Waals surface area contributed by atoms with Crippen molar-refractivity contribution in [1.29, 1.82) is 5.26 Å². The van der Waals surface area contributed by atoms with E-state index in [9.17, 15) is 34.3 Å². The molecule has 1 saturated carbocycles. The Bertz CT molecular complexity index is 2900. The first kappa shape index (κ1) is 58.1. The molecule has 4 atom stereocenters. The summed E-state index contributed by atoms with van der Waals surface area (Å²) in [5, 5.41) is 36.6. The number of hydrogen-bond donors (Lipinski definition) is 5. The van der Waals surface area contributed by atoms with Gasteiger partial charge in [-0.15, -0.1) is 11.3 Å². The second kappa shape index (κ2) is 25.7. The van der Waals surface area contributed by atoms with Crippen molar-refractivity contribution in [1.82, 2.24) is 36.3 Å². The quantitative estimate of drug-likeness (QED) is 0.0365. The number of likely N-dealkylation sites (tertiary alicyclic amines) is 1. The van der Waals surface area contributed by atoms with Gasteiger partial charge in [0.15, 0.2) is 0 Å². The second-order valence-corrected chi connectivity index (χ2v) is 23.4. The van der Waals surface area contributed by atoms with E-state index in [0.717, 1.165) is 66.6 Å². The molecule has 18 heteroatoms. The zero-order valence-electron chi connectivity index (χ0n) is 45.4. The molecule has 7 rings (SSSR count). The number of carbonyl (C=O) groups is 5. The summed E-state index contributed by atoms with van der Waals surface area (Å²) in [5.74, 6) is -1.29. The third-order valence-corrected chi connectivity index (χ3v) is 16.4. The number of aromatic nitrogens is 2. The lowest BCUT2D eigenvalue weighted by Gasteiger charge is -2.63. The van der Waals surface area contributed by atoms with Gasteiger partial charge in [-0.05, 0) is 80.1 Å². The van der Waals surface area contributed by atoms with Gasteiger partial charge in [0.1, 0.15) is 35.6 Å². The Morgan fingerprint density at radius 3 is 2.06 bits per heavy atom. The number of unbranched alkanes of at least 4 members (excludes halogenated alkanes) is 6. The van der Waals surface area contributed by atoms with Crippen LogP contribution in [-0.4, -0.2) is 93.6 Å². The Hall–Kier alpha value is -6.61. The SMILES string of the molecule is Cc1cc([C@H](C(=O)N2C[C@H](O)C[C@H]2C(=O)N[C@@H](CC(=O)NCCCCCCCCCNC(=O)c2ccc(C(=O)NC3C(C)(C)C(Oc4ccc(C#N)c(Cl)c4)C3(C)C)cc2)c2ccc(-c3scnc3C)cc2)C(C)C)on1. The van der Waals surface area contributed by atoms with Crippen molar-refractivity contribution in [2.24, 2.45) is 16.7 Å². The number of aliphatic hydroxyl groups excluding tert-OH is 1. The van der Waals surface area contributed by atoms with Crippen LogP contribution in [-0.2, 0) is 14.4 Å². The lowest BCUT2D eigenvalue weighted by Crippen LogP contribution is -2.74. The summed E-state index contributed by atoms with van der Waals surface area (Å²) in [6.45, 7) is 16.7. The highest BCUT2D eigenvalue weighted by molar-refractivity contribution is 7.13. The molecule has 0 unspecified atom stereocenters. The molecule has 0 radical (unpaired) electrons. The minimum Gasteiger partial charge on any atom is -0.489 e. The highest BCUT2D eigenvalue weighted by atomic mass is 35.5. The monoisotopic (exact) mass is 1090 g/mol. The van der Waals surface area contributed by atoms with Crippen molar-refractivity contribution in [2.45, 2.75) is 149 Å². The molecule has 1 saturated heterocycles. The van der Waals surface area contributed by atoms with Crippen LogP contribution in [0.3, 0.4) is 0 Å². The van der Waals surface area contributed by atoms with E-state index in [4.69, 9.17) is 20.9 Å². The predicted molar refractivity (Wildman–Crippen MR) is 296 cm³/mol. The highest BCUT2D eigenvalue weighted by Gasteiger charge is 2.64. The average molecular weight is 1090 g/mol. The van der Waals surface area contributed by atoms with Crippen LogP contribution in [0.5, 0.6) is 5.75 Å². The van der Waals surface area contributed by atoms with Crippen LogP contribution in [0.1, 0.15) is 160 Å². The maximum absolute atomic E-state index is 14.2. The number of aryl methyl sites for hydroxylation is 2. The van der Waals surface area contributed by atoms with Gasteiger partial charge in [-0.25, -0.2) is 4.98 Å². The molecule has 5 amide bonds. The van der Waals surface area contributed by atoms with E-state index in [1.54, 1.807) is 61.0 Å². The number of ether oxygens (including phenoxy) is 1. The van der Waals surface area contributed by atoms with Crippen molar-refractivity contribution >= 4 is 52.5 Å². The number of nitrogens with one attached hydrogen (secondary N) is 4. The number of thiazole rings is 1. The van der Waals surface area contributed by atoms with Gasteiger partial charge in [-0.2, -0.15) is 5.26 Å². The first-order valence-corrected chi connectivity index (χ1v) is 28.0. The molecule has 77 heavy (non-hydrogen) atoms. The number of hydrogen-bond acceptors (Lipinski definition) is 12. The Labute approximate surface area is 461 Å². The molecule has 410 valence electrons. The molecule has 2 fully saturated rings. The fourth-order valence-corrected chi connectivity index (χ4v) is 12.2. The van der Waals surface area contributed by atoms with E-state index in [-0.39, 0.29) is 61.1 Å². The van der Waals surface area contributed by atoms with Crippen LogP contribution in [0, 0.1) is 41.9 Å². The lowest BCUT2D eigenvalue weighted by molar-refractivity contribution is -0.164. The van der Waals surface area contributed by atoms with Crippen LogP contribution < -0.4 is 26.0 Å². The summed E-state index contributed by atoms with van der Waals surface area (Å²) in [7, 11) is 0. The van der Waals surface area contributed by atoms with Gasteiger partial charge >= 0.3 is 0 Å². The van der Waals surface area contributed by atoms with E-state index < -0.39 is 40.8 Å². The van der Waals surface area contributed by atoms with Crippen LogP contribution in [0.2, 0.25) is 5.02 Å². The molecule has 0 spiro atoms. The van der Waals surface area contributed by atoms with Gasteiger partial charge in [0.25, 0.3) is 11.8 Å². The summed E-state index contributed by atoms with van der Waals surface area (Å²) < 4.78 is 11.8. The summed E-state index contributed by atoms with van der Waals surface area (Å²) >= 11 is 7.78. The molecular formula is C59H73ClN8O8S. The van der Waals surface area contributed by atoms with Crippen molar-refractivity contribution in [2.75, 3.05) is 19.6 Å². The van der Waals surface area contributed by atoms with Gasteiger partial charge in [0, 0.05) is 66.2 Å². The predicted octanol–water partition coefficient (Wildman–Crippen LogP) is 9.78. The molecule has 2 aromatic heterocycles. The number of aliphatic hydroxyl groups is 1. The van der Waals surface area contributed by atoms with Crippen molar-refractivity contribution < 1.29 is 38.3 Å². The number of halogens is 1. The van der Waals surface area contributed by atoms with E-state index in [0.29, 0.717) is 52.0 Å². The number of nitriles is 1. The molecule has 3 heterocycles. The van der Waals surface area contributed by atoms with Crippen molar-refractivity contribution in [3.63, 3.8) is 0 Å². The van der Waals surface area contributed by atoms with Crippen LogP contribution in [0.25, 0.3) is 10.4 Å². The molecule has 1 aliphatic heterocycles. The first-order valence-electron chi connectivity index (χ1n) is 26.7. The second-order valence-electron chi connectivity index (χ2n) is 22.1. The number of β-amino-alcohol motifs (C(OH)–C–C–N with tert-alkyl or cyclic N) is 1. The maximum Gasteiger partial charge on any atom is 0.251 e. The fourth-order valence-electron chi connectivity index (χ4n) is 11.2. The first-order chi connectivity index (χ1) is 36.7. The Kier molecular flexibility index (Phi) is 19.4. The number of benzene rings is 3. The number of carbonyl (C=O) groups excluding carboxylic acids is 5. The molecule has 1 aliphatic carbocycles. The van der Waals surface area contributed by atoms with Crippen LogP contribution >= 0.6 is 22.9 Å². The van der Waals surface area contributed by atoms with Gasteiger partial charge < -0.3 is 40.5 Å². The third-order valence-electron chi connectivity index (χ3n) is 15.1. The molecule has 2 aliphatic rings. The lowest BCUT2D eigenvalue weighted by atomic mass is 9.49. The fraction of sp³-hybridized carbons (Fsp3) is 0.492. The topological polar surface area (TPSA) is 229 Å². The number of amides is 5. The molecule has 0 bridgehead atoms. The minimum atomic E-state index is -0.945. The largest absolute Gasteiger partial charge is 0.489 e. The molecule has 3 aromatic carbocycles. The van der Waals surface area contributed by atoms with E-state index in [1.165, 1.54) is 16.2 Å². The van der Waals surface area contributed by atoms with Gasteiger partial charge in [0.2, 0.25) is 17.7 Å². The Balaban J connectivity index is 0.808. The summed E-state index contributed by atoms with van der Waals surface area (Å²) in [6, 6.07) is 21.3. The Morgan fingerprint density at radius 1 is 0.870 bits per heavy atom. The molecular weight excluding hydrogens is 1020 g/mol. The van der Waals surface area contributed by atoms with Gasteiger partial charge in [-0.1, -0.05) is 115 Å². The standard InChI is InChI=1S/C59H73ClN8O8S/c1-35(2)50(48-28-36(3)67-76-48)55(74)68-33-43(69)29-47(68)54(73)65-46(38-16-18-39(19-17-38)51-37(4)64-34-77-51)31-49(70)62-26-14-12-10-9-11-13-15-27-63-52(71)40-20-22-41(23-21-40)53(72)66-56-58(5,6)57(59(56,7)8)75-44-25-24-42(32-61)45(60)30-44/h16-25,28,30,34-35,43,46-47,50,56-57,69H,9-15,26-27,29,31,33H2,1-8H3,(H,62,70)(H,63,71)(H,65,73)(H,66,72)/t43-,46+,47+,50-,56?,57?/m1/s1. The maximum atomic E-state index is 14.2. The normalized spacial score (nSPS) is 19.1. The Morgan fingerprint density at radius 2 is 1.49 bits per heavy atom. The minimum absolute atomic E-state index is 0.000812. The van der Waals surface area contributed by atoms with Gasteiger partial charge in [-0.3, -0.25) is 24.0 Å². The summed E-state index contributed by atoms with van der Waals surface area (Å²) in [6.07, 6.45) is 5.48. The summed E-state index contributed by atoms with van der Waals surface area (Å²) in [5.41, 5.74) is 5.54. The molecule has 5 aromatic rings. The zero-order chi connectivity index (χ0) is 55.6.